The van der Waals surface area contributed by atoms with Gasteiger partial charge in [-0.3, -0.25) is 14.7 Å². The molecule has 164 valence electrons. The Morgan fingerprint density at radius 3 is 2.78 bits per heavy atom. The Bertz CT molecular complexity index is 1280. The van der Waals surface area contributed by atoms with Gasteiger partial charge in [-0.05, 0) is 30.3 Å². The van der Waals surface area contributed by atoms with E-state index in [2.05, 4.69) is 30.7 Å². The van der Waals surface area contributed by atoms with Crippen LogP contribution in [0, 0.1) is 0 Å². The summed E-state index contributed by atoms with van der Waals surface area (Å²) in [6, 6.07) is 9.86. The highest BCUT2D eigenvalue weighted by Crippen LogP contribution is 2.32. The number of aromatic amines is 1. The Morgan fingerprint density at radius 1 is 1.16 bits per heavy atom. The normalized spacial score (nSPS) is 10.7. The molecule has 0 aliphatic carbocycles. The number of nitrogens with one attached hydrogen (secondary N) is 2. The molecule has 3 heterocycles. The second kappa shape index (κ2) is 9.12. The minimum atomic E-state index is -0.369. The van der Waals surface area contributed by atoms with Crippen LogP contribution >= 0.6 is 0 Å². The number of amides is 1. The molecule has 0 unspecified atom stereocenters. The van der Waals surface area contributed by atoms with E-state index in [1.165, 1.54) is 28.1 Å². The Hall–Kier alpha value is -4.48. The molecule has 1 amide bonds. The van der Waals surface area contributed by atoms with Crippen LogP contribution in [0.4, 0.5) is 0 Å². The maximum absolute atomic E-state index is 12.5. The van der Waals surface area contributed by atoms with E-state index in [0.29, 0.717) is 28.6 Å². The van der Waals surface area contributed by atoms with Gasteiger partial charge in [-0.15, -0.1) is 5.10 Å². The number of nitrogens with zero attached hydrogens (tertiary/aromatic N) is 6. The fourth-order valence-corrected chi connectivity index (χ4v) is 3.01. The topological polar surface area (TPSA) is 142 Å². The van der Waals surface area contributed by atoms with E-state index < -0.39 is 0 Å². The second-order valence-corrected chi connectivity index (χ2v) is 6.58. The molecule has 0 bridgehead atoms. The molecule has 0 spiro atoms. The van der Waals surface area contributed by atoms with E-state index in [1.807, 2.05) is 0 Å². The molecular formula is C20H20N8O4. The maximum atomic E-state index is 12.5. The highest BCUT2D eigenvalue weighted by atomic mass is 16.5. The monoisotopic (exact) mass is 436 g/mol. The van der Waals surface area contributed by atoms with Crippen LogP contribution in [0.2, 0.25) is 0 Å². The van der Waals surface area contributed by atoms with Crippen molar-refractivity contribution in [2.24, 2.45) is 0 Å². The second-order valence-electron chi connectivity index (χ2n) is 6.58. The van der Waals surface area contributed by atoms with E-state index in [-0.39, 0.29) is 30.2 Å². The summed E-state index contributed by atoms with van der Waals surface area (Å²) in [6.45, 7) is 0.362. The molecule has 0 atom stereocenters. The van der Waals surface area contributed by atoms with Crippen molar-refractivity contribution in [3.63, 3.8) is 0 Å². The highest BCUT2D eigenvalue weighted by Gasteiger charge is 2.15. The number of benzene rings is 1. The summed E-state index contributed by atoms with van der Waals surface area (Å²) in [5, 5.41) is 17.9. The van der Waals surface area contributed by atoms with Gasteiger partial charge in [0.25, 0.3) is 11.5 Å². The van der Waals surface area contributed by atoms with Crippen LogP contribution in [-0.4, -0.2) is 61.4 Å². The molecule has 0 saturated heterocycles. The lowest BCUT2D eigenvalue weighted by molar-refractivity contribution is 0.0946. The molecule has 0 fully saturated rings. The number of rotatable bonds is 8. The molecule has 4 aromatic rings. The van der Waals surface area contributed by atoms with Crippen molar-refractivity contribution in [2.75, 3.05) is 20.8 Å². The molecule has 0 saturated carbocycles. The van der Waals surface area contributed by atoms with Crippen LogP contribution in [0.15, 0.2) is 53.8 Å². The number of ether oxygens (including phenoxy) is 2. The number of carbonyl (C=O) groups is 1. The highest BCUT2D eigenvalue weighted by molar-refractivity contribution is 5.93. The SMILES string of the molecule is COc1ccc(OC)c(-c2cc(C(=O)NCCn3nc(-n4cncn4)ccc3=O)[nH]n2)c1. The van der Waals surface area contributed by atoms with Crippen LogP contribution in [0.5, 0.6) is 11.5 Å². The minimum absolute atomic E-state index is 0.178. The summed E-state index contributed by atoms with van der Waals surface area (Å²) in [5.41, 5.74) is 1.19. The zero-order valence-corrected chi connectivity index (χ0v) is 17.3. The molecule has 1 aromatic carbocycles. The lowest BCUT2D eigenvalue weighted by Gasteiger charge is -2.08. The van der Waals surface area contributed by atoms with Gasteiger partial charge >= 0.3 is 0 Å². The van der Waals surface area contributed by atoms with Gasteiger partial charge in [0.15, 0.2) is 5.82 Å². The van der Waals surface area contributed by atoms with Gasteiger partial charge < -0.3 is 14.8 Å². The zero-order valence-electron chi connectivity index (χ0n) is 17.3. The van der Waals surface area contributed by atoms with E-state index in [0.717, 1.165) is 0 Å². The van der Waals surface area contributed by atoms with Gasteiger partial charge in [-0.2, -0.15) is 10.2 Å². The molecule has 12 heteroatoms. The molecule has 0 aliphatic heterocycles. The molecule has 3 aromatic heterocycles. The van der Waals surface area contributed by atoms with Gasteiger partial charge in [0.05, 0.1) is 26.5 Å². The summed E-state index contributed by atoms with van der Waals surface area (Å²) in [4.78, 5) is 28.4. The predicted octanol–water partition coefficient (Wildman–Crippen LogP) is 0.661. The van der Waals surface area contributed by atoms with Crippen molar-refractivity contribution < 1.29 is 14.3 Å². The first-order valence-electron chi connectivity index (χ1n) is 9.58. The summed E-state index contributed by atoms with van der Waals surface area (Å²) in [5.74, 6) is 1.31. The van der Waals surface area contributed by atoms with E-state index >= 15 is 0 Å². The average Bonchev–Trinajstić information content (AvgIpc) is 3.52. The van der Waals surface area contributed by atoms with E-state index in [1.54, 1.807) is 44.6 Å². The van der Waals surface area contributed by atoms with Gasteiger partial charge in [0.1, 0.15) is 29.8 Å². The lowest BCUT2D eigenvalue weighted by atomic mass is 10.1. The van der Waals surface area contributed by atoms with Crippen molar-refractivity contribution in [2.45, 2.75) is 6.54 Å². The first-order chi connectivity index (χ1) is 15.6. The van der Waals surface area contributed by atoms with Crippen molar-refractivity contribution in [1.29, 1.82) is 0 Å². The predicted molar refractivity (Wildman–Crippen MR) is 113 cm³/mol. The summed E-state index contributed by atoms with van der Waals surface area (Å²) in [6.07, 6.45) is 2.85. The molecule has 0 aliphatic rings. The Morgan fingerprint density at radius 2 is 2.03 bits per heavy atom. The number of aromatic nitrogens is 7. The van der Waals surface area contributed by atoms with E-state index in [9.17, 15) is 9.59 Å². The third-order valence-electron chi connectivity index (χ3n) is 4.62. The minimum Gasteiger partial charge on any atom is -0.497 e. The number of hydrogen-bond acceptors (Lipinski definition) is 8. The number of hydrogen-bond donors (Lipinski definition) is 2. The molecule has 32 heavy (non-hydrogen) atoms. The number of methoxy groups -OCH3 is 2. The molecule has 0 radical (unpaired) electrons. The Balaban J connectivity index is 1.43. The van der Waals surface area contributed by atoms with Crippen LogP contribution in [0.1, 0.15) is 10.5 Å². The van der Waals surface area contributed by atoms with Crippen LogP contribution in [-0.2, 0) is 6.54 Å². The van der Waals surface area contributed by atoms with Crippen molar-refractivity contribution in [1.82, 2.24) is 40.1 Å². The van der Waals surface area contributed by atoms with Gasteiger partial charge in [0, 0.05) is 18.2 Å². The van der Waals surface area contributed by atoms with Crippen LogP contribution in [0.25, 0.3) is 17.1 Å². The molecule has 4 rings (SSSR count). The van der Waals surface area contributed by atoms with Crippen molar-refractivity contribution in [3.05, 3.63) is 65.1 Å². The van der Waals surface area contributed by atoms with E-state index in [4.69, 9.17) is 9.47 Å². The first kappa shape index (κ1) is 20.8. The molecule has 12 nitrogen and oxygen atoms in total. The fraction of sp³-hybridized carbons (Fsp3) is 0.200. The maximum Gasteiger partial charge on any atom is 0.269 e. The third kappa shape index (κ3) is 4.33. The lowest BCUT2D eigenvalue weighted by Crippen LogP contribution is -2.32. The summed E-state index contributed by atoms with van der Waals surface area (Å²) in [7, 11) is 3.12. The Kier molecular flexibility index (Phi) is 5.92. The average molecular weight is 436 g/mol. The summed E-state index contributed by atoms with van der Waals surface area (Å²) >= 11 is 0. The fourth-order valence-electron chi connectivity index (χ4n) is 3.01. The number of H-pyrrole nitrogens is 1. The van der Waals surface area contributed by atoms with Crippen LogP contribution < -0.4 is 20.3 Å². The largest absolute Gasteiger partial charge is 0.497 e. The van der Waals surface area contributed by atoms with Gasteiger partial charge in [0.2, 0.25) is 0 Å². The van der Waals surface area contributed by atoms with Crippen LogP contribution in [0.3, 0.4) is 0 Å². The number of carbonyl (C=O) groups excluding carboxylic acids is 1. The smallest absolute Gasteiger partial charge is 0.269 e. The quantitative estimate of drug-likeness (QED) is 0.410. The Labute approximate surface area is 181 Å². The van der Waals surface area contributed by atoms with Gasteiger partial charge in [-0.25, -0.2) is 14.3 Å². The van der Waals surface area contributed by atoms with Crippen molar-refractivity contribution >= 4 is 5.91 Å². The zero-order chi connectivity index (χ0) is 22.5. The van der Waals surface area contributed by atoms with Crippen molar-refractivity contribution in [3.8, 4) is 28.6 Å². The third-order valence-corrected chi connectivity index (χ3v) is 4.62. The molecule has 2 N–H and O–H groups in total. The standard InChI is InChI=1S/C20H20N8O4/c1-31-13-3-4-17(32-2)14(9-13)15-10-16(25-24-15)20(30)22-7-8-27-19(29)6-5-18(26-27)28-12-21-11-23-28/h3-6,9-12H,7-8H2,1-2H3,(H,22,30)(H,24,25). The first-order valence-corrected chi connectivity index (χ1v) is 9.58. The summed E-state index contributed by atoms with van der Waals surface area (Å²) < 4.78 is 13.3. The van der Waals surface area contributed by atoms with Gasteiger partial charge in [-0.1, -0.05) is 0 Å². The molecular weight excluding hydrogens is 416 g/mol.